The van der Waals surface area contributed by atoms with Gasteiger partial charge < -0.3 is 38.4 Å². The summed E-state index contributed by atoms with van der Waals surface area (Å²) >= 11 is 0. The molecule has 4 atom stereocenters. The molecule has 2 aliphatic rings. The van der Waals surface area contributed by atoms with Gasteiger partial charge in [0.15, 0.2) is 6.29 Å². The van der Waals surface area contributed by atoms with E-state index in [1.54, 1.807) is 6.20 Å². The van der Waals surface area contributed by atoms with E-state index in [-0.39, 0.29) is 25.3 Å². The molecule has 3 aromatic carbocycles. The molecule has 0 bridgehead atoms. The van der Waals surface area contributed by atoms with E-state index in [9.17, 15) is 9.90 Å². The summed E-state index contributed by atoms with van der Waals surface area (Å²) in [5, 5.41) is 12.0. The molecule has 0 aliphatic carbocycles. The second-order valence-corrected chi connectivity index (χ2v) is 12.8. The lowest BCUT2D eigenvalue weighted by Crippen LogP contribution is -2.53. The van der Waals surface area contributed by atoms with Crippen LogP contribution in [-0.2, 0) is 41.7 Å². The van der Waals surface area contributed by atoms with Crippen LogP contribution in [0.3, 0.4) is 0 Å². The summed E-state index contributed by atoms with van der Waals surface area (Å²) in [6, 6.07) is 28.1. The standard InChI is InChI=1S/C40H48N2O9/c43-40(44)51-42-26-36(47-23-8-24-49-38-12-4-5-21-48-38)39(37(27-42)50-29-31-13-14-32-11-6-19-41-35(32)25-31)33-15-17-34(18-16-33)46-22-7-20-45-28-30-9-2-1-3-10-30/h1-3,6,9-11,13-19,25,36-39H,4-5,7-8,12,20-24,26-29H2,(H,43,44). The minimum absolute atomic E-state index is 0.161. The van der Waals surface area contributed by atoms with Crippen molar-refractivity contribution in [2.45, 2.75) is 69.7 Å². The molecule has 272 valence electrons. The molecule has 4 aromatic rings. The van der Waals surface area contributed by atoms with Gasteiger partial charge in [0.25, 0.3) is 0 Å². The normalized spacial score (nSPS) is 21.0. The number of hydrogen-bond acceptors (Lipinski definition) is 10. The Balaban J connectivity index is 1.10. The third-order valence-electron chi connectivity index (χ3n) is 9.05. The Morgan fingerprint density at radius 1 is 0.804 bits per heavy atom. The minimum atomic E-state index is -1.38. The van der Waals surface area contributed by atoms with Crippen LogP contribution in [-0.4, -0.2) is 85.9 Å². The van der Waals surface area contributed by atoms with Gasteiger partial charge in [-0.25, -0.2) is 4.79 Å². The SMILES string of the molecule is O=C(O)ON1CC(OCCCOC2CCCCO2)C(c2ccc(OCCCOCc3ccccc3)cc2)C(OCc2ccc3cccnc3c2)C1. The third-order valence-corrected chi connectivity index (χ3v) is 9.05. The third kappa shape index (κ3) is 11.4. The molecular formula is C40H48N2O9. The fraction of sp³-hybridized carbons (Fsp3) is 0.450. The summed E-state index contributed by atoms with van der Waals surface area (Å²) in [7, 11) is 0. The highest BCUT2D eigenvalue weighted by Gasteiger charge is 2.41. The van der Waals surface area contributed by atoms with Gasteiger partial charge in [-0.05, 0) is 66.6 Å². The van der Waals surface area contributed by atoms with E-state index in [4.69, 9.17) is 33.3 Å². The van der Waals surface area contributed by atoms with E-state index in [1.807, 2.05) is 72.8 Å². The van der Waals surface area contributed by atoms with E-state index in [0.717, 1.165) is 65.6 Å². The Bertz CT molecular complexity index is 1620. The van der Waals surface area contributed by atoms with Gasteiger partial charge in [0, 0.05) is 37.1 Å². The first-order valence-corrected chi connectivity index (χ1v) is 17.9. The van der Waals surface area contributed by atoms with Crippen molar-refractivity contribution in [2.75, 3.05) is 46.1 Å². The second-order valence-electron chi connectivity index (χ2n) is 12.8. The number of ether oxygens (including phenoxy) is 6. The molecule has 2 fully saturated rings. The first-order chi connectivity index (χ1) is 25.1. The molecule has 4 unspecified atom stereocenters. The van der Waals surface area contributed by atoms with Crippen LogP contribution >= 0.6 is 0 Å². The van der Waals surface area contributed by atoms with E-state index in [0.29, 0.717) is 46.1 Å². The maximum Gasteiger partial charge on any atom is 0.525 e. The minimum Gasteiger partial charge on any atom is -0.494 e. The van der Waals surface area contributed by atoms with Crippen molar-refractivity contribution >= 4 is 17.1 Å². The maximum absolute atomic E-state index is 11.6. The number of pyridine rings is 1. The van der Waals surface area contributed by atoms with Crippen LogP contribution in [0, 0.1) is 0 Å². The molecule has 6 rings (SSSR count). The number of hydrogen-bond donors (Lipinski definition) is 1. The van der Waals surface area contributed by atoms with Crippen molar-refractivity contribution in [1.29, 1.82) is 0 Å². The number of fused-ring (bicyclic) bond motifs is 1. The Kier molecular flexibility index (Phi) is 14.0. The van der Waals surface area contributed by atoms with Crippen LogP contribution in [0.4, 0.5) is 4.79 Å². The summed E-state index contributed by atoms with van der Waals surface area (Å²) in [6.07, 6.45) is 3.89. The molecule has 1 N–H and O–H groups in total. The van der Waals surface area contributed by atoms with Crippen LogP contribution in [0.5, 0.6) is 5.75 Å². The molecule has 51 heavy (non-hydrogen) atoms. The van der Waals surface area contributed by atoms with Crippen LogP contribution in [0.25, 0.3) is 10.9 Å². The Morgan fingerprint density at radius 2 is 1.61 bits per heavy atom. The lowest BCUT2D eigenvalue weighted by Gasteiger charge is -2.42. The van der Waals surface area contributed by atoms with Crippen LogP contribution in [0.15, 0.2) is 91.1 Å². The molecule has 2 saturated heterocycles. The van der Waals surface area contributed by atoms with Crippen molar-refractivity contribution in [2.24, 2.45) is 0 Å². The van der Waals surface area contributed by atoms with Gasteiger partial charge in [-0.15, -0.1) is 5.06 Å². The molecule has 11 nitrogen and oxygen atoms in total. The van der Waals surface area contributed by atoms with Crippen molar-refractivity contribution in [3.8, 4) is 5.75 Å². The number of hydroxylamine groups is 2. The van der Waals surface area contributed by atoms with Gasteiger partial charge in [0.1, 0.15) is 5.75 Å². The zero-order valence-electron chi connectivity index (χ0n) is 29.0. The summed E-state index contributed by atoms with van der Waals surface area (Å²) in [5.41, 5.74) is 4.00. The molecule has 1 aromatic heterocycles. The predicted octanol–water partition coefficient (Wildman–Crippen LogP) is 7.13. The van der Waals surface area contributed by atoms with Crippen molar-refractivity contribution in [3.05, 3.63) is 108 Å². The smallest absolute Gasteiger partial charge is 0.494 e. The van der Waals surface area contributed by atoms with Gasteiger partial charge in [-0.1, -0.05) is 60.7 Å². The lowest BCUT2D eigenvalue weighted by atomic mass is 9.85. The van der Waals surface area contributed by atoms with Crippen LogP contribution in [0.2, 0.25) is 0 Å². The monoisotopic (exact) mass is 700 g/mol. The Morgan fingerprint density at radius 3 is 2.41 bits per heavy atom. The van der Waals surface area contributed by atoms with Gasteiger partial charge >= 0.3 is 6.16 Å². The molecule has 0 radical (unpaired) electrons. The number of aromatic nitrogens is 1. The molecule has 11 heteroatoms. The van der Waals surface area contributed by atoms with Crippen LogP contribution in [0.1, 0.15) is 54.7 Å². The second kappa shape index (κ2) is 19.5. The van der Waals surface area contributed by atoms with Crippen molar-refractivity contribution in [1.82, 2.24) is 10.0 Å². The van der Waals surface area contributed by atoms with Crippen LogP contribution < -0.4 is 4.74 Å². The maximum atomic E-state index is 11.6. The van der Waals surface area contributed by atoms with E-state index < -0.39 is 18.4 Å². The highest BCUT2D eigenvalue weighted by molar-refractivity contribution is 5.78. The number of rotatable bonds is 18. The first kappa shape index (κ1) is 36.7. The van der Waals surface area contributed by atoms with Gasteiger partial charge in [0.2, 0.25) is 0 Å². The average molecular weight is 701 g/mol. The zero-order chi connectivity index (χ0) is 35.1. The lowest BCUT2D eigenvalue weighted by molar-refractivity contribution is -0.201. The first-order valence-electron chi connectivity index (χ1n) is 17.9. The molecular weight excluding hydrogens is 652 g/mol. The Hall–Kier alpha value is -4.10. The zero-order valence-corrected chi connectivity index (χ0v) is 29.0. The van der Waals surface area contributed by atoms with Gasteiger partial charge in [-0.3, -0.25) is 4.98 Å². The van der Waals surface area contributed by atoms with Crippen molar-refractivity contribution in [3.63, 3.8) is 0 Å². The summed E-state index contributed by atoms with van der Waals surface area (Å²) in [4.78, 5) is 21.3. The quantitative estimate of drug-likeness (QED) is 0.107. The Labute approximate surface area is 299 Å². The molecule has 3 heterocycles. The van der Waals surface area contributed by atoms with E-state index >= 15 is 0 Å². The van der Waals surface area contributed by atoms with E-state index in [2.05, 4.69) is 17.1 Å². The fourth-order valence-electron chi connectivity index (χ4n) is 6.53. The number of carbonyl (C=O) groups is 1. The summed E-state index contributed by atoms with van der Waals surface area (Å²) in [6.45, 7) is 4.19. The van der Waals surface area contributed by atoms with E-state index in [1.165, 1.54) is 5.06 Å². The highest BCUT2D eigenvalue weighted by Crippen LogP contribution is 2.35. The summed E-state index contributed by atoms with van der Waals surface area (Å²) < 4.78 is 36.5. The summed E-state index contributed by atoms with van der Waals surface area (Å²) in [5.74, 6) is 0.550. The molecule has 2 aliphatic heterocycles. The number of nitrogens with zero attached hydrogens (tertiary/aromatic N) is 2. The largest absolute Gasteiger partial charge is 0.525 e. The van der Waals surface area contributed by atoms with Gasteiger partial charge in [0.05, 0.1) is 63.8 Å². The number of carboxylic acid groups (broad SMARTS) is 1. The number of benzene rings is 3. The highest BCUT2D eigenvalue weighted by atomic mass is 16.8. The topological polar surface area (TPSA) is 118 Å². The molecule has 0 spiro atoms. The van der Waals surface area contributed by atoms with Gasteiger partial charge in [-0.2, -0.15) is 0 Å². The number of piperidine rings is 1. The van der Waals surface area contributed by atoms with Crippen molar-refractivity contribution < 1.29 is 43.2 Å². The average Bonchev–Trinajstić information content (AvgIpc) is 3.16. The predicted molar refractivity (Wildman–Crippen MR) is 190 cm³/mol. The molecule has 0 saturated carbocycles. The fourth-order valence-corrected chi connectivity index (χ4v) is 6.53. The molecule has 0 amide bonds.